The molecule has 1 unspecified atom stereocenters. The summed E-state index contributed by atoms with van der Waals surface area (Å²) in [7, 11) is 1.57. The number of fused-ring (bicyclic) bond motifs is 1. The lowest BCUT2D eigenvalue weighted by Crippen LogP contribution is -2.64. The smallest absolute Gasteiger partial charge is 0.411 e. The molecule has 0 spiro atoms. The predicted molar refractivity (Wildman–Crippen MR) is 414 cm³/mol. The zero-order valence-electron chi connectivity index (χ0n) is 65.6. The number of piperazine rings is 1. The lowest BCUT2D eigenvalue weighted by molar-refractivity contribution is -0.137. The number of halogens is 1. The number of benzene rings is 3. The molecule has 10 rings (SSSR count). The van der Waals surface area contributed by atoms with E-state index in [4.69, 9.17) is 40.0 Å². The van der Waals surface area contributed by atoms with Crippen LogP contribution < -0.4 is 30.3 Å². The van der Waals surface area contributed by atoms with Gasteiger partial charge in [-0.3, -0.25) is 38.7 Å². The molecule has 28 heteroatoms. The number of H-pyrrole nitrogens is 1. The van der Waals surface area contributed by atoms with Gasteiger partial charge in [0.05, 0.1) is 44.4 Å². The highest BCUT2D eigenvalue weighted by Crippen LogP contribution is 2.35. The van der Waals surface area contributed by atoms with Crippen molar-refractivity contribution in [3.05, 3.63) is 113 Å². The number of nitrogens with one attached hydrogen (secondary N) is 4. The van der Waals surface area contributed by atoms with Gasteiger partial charge in [-0.1, -0.05) is 55.1 Å². The molecule has 2 aromatic heterocycles. The average Bonchev–Trinajstić information content (AvgIpc) is 1.60. The van der Waals surface area contributed by atoms with Crippen LogP contribution >= 0.6 is 11.6 Å². The van der Waals surface area contributed by atoms with Crippen molar-refractivity contribution in [2.24, 2.45) is 5.92 Å². The molecular formula is C81H114ClN13O14. The monoisotopic (exact) mass is 1530 g/mol. The summed E-state index contributed by atoms with van der Waals surface area (Å²) in [6, 6.07) is 20.9. The summed E-state index contributed by atoms with van der Waals surface area (Å²) < 4.78 is 35.1. The Balaban J connectivity index is 0.708. The van der Waals surface area contributed by atoms with Gasteiger partial charge in [-0.2, -0.15) is 0 Å². The number of aromatic amines is 1. The van der Waals surface area contributed by atoms with E-state index in [9.17, 15) is 38.4 Å². The Bertz CT molecular complexity index is 3920. The van der Waals surface area contributed by atoms with Gasteiger partial charge in [-0.25, -0.2) is 24.4 Å². The zero-order chi connectivity index (χ0) is 78.2. The molecule has 1 aliphatic carbocycles. The fraction of sp³-hybridized carbons (Fsp3) is 0.605. The number of amides is 8. The van der Waals surface area contributed by atoms with Crippen LogP contribution in [0.15, 0.2) is 85.3 Å². The van der Waals surface area contributed by atoms with Crippen molar-refractivity contribution in [3.63, 3.8) is 0 Å². The second-order valence-corrected chi connectivity index (χ2v) is 32.9. The summed E-state index contributed by atoms with van der Waals surface area (Å²) >= 11 is 6.39. The van der Waals surface area contributed by atoms with Gasteiger partial charge in [-0.05, 0) is 187 Å². The van der Waals surface area contributed by atoms with Gasteiger partial charge in [0.1, 0.15) is 70.8 Å². The predicted octanol–water partition coefficient (Wildman–Crippen LogP) is 11.0. The van der Waals surface area contributed by atoms with Gasteiger partial charge < -0.3 is 69.0 Å². The maximum absolute atomic E-state index is 14.9. The Morgan fingerprint density at radius 3 is 2.03 bits per heavy atom. The second kappa shape index (κ2) is 37.2. The van der Waals surface area contributed by atoms with E-state index in [1.165, 1.54) is 16.1 Å². The third kappa shape index (κ3) is 23.3. The summed E-state index contributed by atoms with van der Waals surface area (Å²) in [5.74, 6) is 0.505. The van der Waals surface area contributed by atoms with E-state index in [-0.39, 0.29) is 93.1 Å². The molecule has 5 aromatic rings. The van der Waals surface area contributed by atoms with Crippen LogP contribution in [-0.4, -0.2) is 239 Å². The molecular weight excluding hydrogens is 1410 g/mol. The number of likely N-dealkylation sites (tertiary alicyclic amines) is 2. The topological polar surface area (TPSA) is 292 Å². The second-order valence-electron chi connectivity index (χ2n) is 32.4. The number of methoxy groups -OCH3 is 1. The average molecular weight is 1530 g/mol. The molecule has 4 saturated heterocycles. The Hall–Kier alpha value is -8.95. The molecule has 8 amide bonds. The van der Waals surface area contributed by atoms with Gasteiger partial charge in [0.15, 0.2) is 0 Å². The first kappa shape index (κ1) is 82.5. The summed E-state index contributed by atoms with van der Waals surface area (Å²) in [6.45, 7) is 23.2. The molecule has 27 nitrogen and oxygen atoms in total. The highest BCUT2D eigenvalue weighted by molar-refractivity contribution is 6.30. The summed E-state index contributed by atoms with van der Waals surface area (Å²) in [4.78, 5) is 138. The number of piperidine rings is 3. The molecule has 0 radical (unpaired) electrons. The van der Waals surface area contributed by atoms with Gasteiger partial charge in [0.2, 0.25) is 23.6 Å². The molecule has 6 heterocycles. The first-order valence-electron chi connectivity index (χ1n) is 38.9. The van der Waals surface area contributed by atoms with Gasteiger partial charge >= 0.3 is 18.3 Å². The summed E-state index contributed by atoms with van der Waals surface area (Å²) in [5, 5.41) is 10.9. The fourth-order valence-corrected chi connectivity index (χ4v) is 15.2. The molecule has 594 valence electrons. The standard InChI is InChI=1S/C81H114ClN13O14/c1-12-105-66-49-63(104-11)28-25-60(66)51-95(77(103)109-80(8,9)10)53-68(97)93-36-17-22-59(50-93)57-20-16-21-58(48-57)72(98)87-69(56-18-14-13-15-19-56)73(99)92-38-30-62(31-39-92)106-47-46-94(76(102)108-79(5,6)7)52-67(96)90-44-42-89(43-45-90)37-32-65(55-23-26-61(82)27-24-55)86-74(100)81(88-75(101)107-78(2,3)4)33-40-91(41-34-81)71-64-29-35-83-70(64)84-54-85-71/h16,20-21,23-29,35,48-49,54,56,59,62,65,69H,12-15,17-19,22,30-34,36-47,50-53H2,1-11H3,(H,86,100)(H,87,98)(H,88,101)(H,83,84,85)/t59?,65-,69+/m0/s1. The molecule has 1 saturated carbocycles. The van der Waals surface area contributed by atoms with Crippen LogP contribution in [0.25, 0.3) is 11.0 Å². The Labute approximate surface area is 646 Å². The van der Waals surface area contributed by atoms with E-state index in [1.807, 2.05) is 60.5 Å². The highest BCUT2D eigenvalue weighted by Gasteiger charge is 2.46. The number of hydrogen-bond donors (Lipinski definition) is 4. The molecule has 0 bridgehead atoms. The third-order valence-corrected chi connectivity index (χ3v) is 21.1. The number of carbonyl (C=O) groups is 8. The van der Waals surface area contributed by atoms with E-state index < -0.39 is 52.7 Å². The van der Waals surface area contributed by atoms with Crippen LogP contribution in [0.3, 0.4) is 0 Å². The van der Waals surface area contributed by atoms with Crippen molar-refractivity contribution in [1.29, 1.82) is 0 Å². The third-order valence-electron chi connectivity index (χ3n) is 20.9. The normalized spacial score (nSPS) is 18.2. The van der Waals surface area contributed by atoms with Crippen molar-refractivity contribution in [3.8, 4) is 11.5 Å². The molecule has 5 fully saturated rings. The van der Waals surface area contributed by atoms with Gasteiger partial charge in [0.25, 0.3) is 5.91 Å². The van der Waals surface area contributed by atoms with Crippen molar-refractivity contribution < 1.29 is 66.8 Å². The molecule has 4 N–H and O–H groups in total. The molecule has 109 heavy (non-hydrogen) atoms. The molecule has 5 aliphatic rings. The zero-order valence-corrected chi connectivity index (χ0v) is 66.4. The lowest BCUT2D eigenvalue weighted by Gasteiger charge is -2.42. The number of anilines is 1. The number of nitrogens with zero attached hydrogens (tertiary/aromatic N) is 9. The summed E-state index contributed by atoms with van der Waals surface area (Å²) in [6.07, 6.45) is 9.40. The van der Waals surface area contributed by atoms with Gasteiger partial charge in [0, 0.05) is 113 Å². The SMILES string of the molecule is CCOc1cc(OC)ccc1CN(CC(=O)N1CCCC(c2cccc(C(=O)N[C@@H](C(=O)N3CCC(OCCN(CC(=O)N4CCN(CC[C@H](NC(=O)C5(NC(=O)OC(C)(C)C)CCN(c6ncnc7[nH]ccc67)CC5)c5ccc(Cl)cc5)CC4)C(=O)OC(C)(C)C)CC3)C3CCCCC3)c2)C1)C(=O)OC(C)(C)C. The van der Waals surface area contributed by atoms with Crippen LogP contribution in [0.2, 0.25) is 5.02 Å². The Morgan fingerprint density at radius 1 is 0.688 bits per heavy atom. The van der Waals surface area contributed by atoms with Crippen molar-refractivity contribution in [1.82, 2.24) is 60.3 Å². The molecule has 3 aromatic carbocycles. The van der Waals surface area contributed by atoms with Gasteiger partial charge in [-0.15, -0.1) is 0 Å². The number of aromatic nitrogens is 3. The number of ether oxygens (including phenoxy) is 6. The van der Waals surface area contributed by atoms with E-state index in [0.29, 0.717) is 131 Å². The van der Waals surface area contributed by atoms with E-state index >= 15 is 0 Å². The van der Waals surface area contributed by atoms with Crippen LogP contribution in [0, 0.1) is 5.92 Å². The minimum absolute atomic E-state index is 0.0390. The Morgan fingerprint density at radius 2 is 1.36 bits per heavy atom. The summed E-state index contributed by atoms with van der Waals surface area (Å²) in [5.41, 5.74) is -0.179. The van der Waals surface area contributed by atoms with Crippen LogP contribution in [0.4, 0.5) is 20.2 Å². The van der Waals surface area contributed by atoms with E-state index in [1.54, 1.807) is 110 Å². The fourth-order valence-electron chi connectivity index (χ4n) is 15.1. The minimum Gasteiger partial charge on any atom is -0.497 e. The van der Waals surface area contributed by atoms with Crippen LogP contribution in [-0.2, 0) is 44.7 Å². The number of rotatable bonds is 26. The maximum Gasteiger partial charge on any atom is 0.411 e. The molecule has 3 atom stereocenters. The number of alkyl carbamates (subject to hydrolysis) is 1. The van der Waals surface area contributed by atoms with E-state index in [2.05, 4.69) is 40.7 Å². The van der Waals surface area contributed by atoms with E-state index in [0.717, 1.165) is 67.3 Å². The van der Waals surface area contributed by atoms with Crippen molar-refractivity contribution >= 4 is 76.3 Å². The number of hydrogen-bond acceptors (Lipinski definition) is 18. The first-order valence-corrected chi connectivity index (χ1v) is 39.3. The largest absolute Gasteiger partial charge is 0.497 e. The number of carbonyl (C=O) groups excluding carboxylic acids is 8. The quantitative estimate of drug-likeness (QED) is 0.0374. The first-order chi connectivity index (χ1) is 51.9. The van der Waals surface area contributed by atoms with Crippen molar-refractivity contribution in [2.75, 3.05) is 117 Å². The maximum atomic E-state index is 14.9. The van der Waals surface area contributed by atoms with Crippen LogP contribution in [0.1, 0.15) is 185 Å². The Kier molecular flexibility index (Phi) is 28.2. The minimum atomic E-state index is -1.31. The van der Waals surface area contributed by atoms with Crippen LogP contribution in [0.5, 0.6) is 11.5 Å². The highest BCUT2D eigenvalue weighted by atomic mass is 35.5. The molecule has 4 aliphatic heterocycles. The lowest BCUT2D eigenvalue weighted by atomic mass is 9.83. The van der Waals surface area contributed by atoms with Crippen molar-refractivity contribution in [2.45, 2.75) is 199 Å².